The molecule has 0 aliphatic rings. The first kappa shape index (κ1) is 9.85. The third kappa shape index (κ3) is 2.04. The molecule has 0 aliphatic carbocycles. The van der Waals surface area contributed by atoms with E-state index in [4.69, 9.17) is 5.11 Å². The largest absolute Gasteiger partial charge is 0.477 e. The number of nitrogens with zero attached hydrogens (tertiary/aromatic N) is 2. The second-order valence-electron chi connectivity index (χ2n) is 2.84. The first-order chi connectivity index (χ1) is 7.16. The van der Waals surface area contributed by atoms with Crippen LogP contribution in [-0.2, 0) is 0 Å². The fourth-order valence-electron chi connectivity index (χ4n) is 1.12. The number of imidazole rings is 1. The predicted octanol–water partition coefficient (Wildman–Crippen LogP) is 1.93. The number of rotatable bonds is 2. The van der Waals surface area contributed by atoms with E-state index in [0.717, 1.165) is 10.0 Å². The van der Waals surface area contributed by atoms with Gasteiger partial charge in [0.25, 0.3) is 0 Å². The normalized spacial score (nSPS) is 10.2. The summed E-state index contributed by atoms with van der Waals surface area (Å²) in [6.45, 7) is 0. The summed E-state index contributed by atoms with van der Waals surface area (Å²) in [4.78, 5) is 21.2. The first-order valence-corrected chi connectivity index (χ1v) is 4.85. The van der Waals surface area contributed by atoms with Gasteiger partial charge in [0.2, 0.25) is 0 Å². The van der Waals surface area contributed by atoms with Gasteiger partial charge in [-0.1, -0.05) is 0 Å². The minimum atomic E-state index is -1.03. The Hall–Kier alpha value is -1.69. The predicted molar refractivity (Wildman–Crippen MR) is 56.5 cm³/mol. The summed E-state index contributed by atoms with van der Waals surface area (Å²) in [5.41, 5.74) is 0.793. The van der Waals surface area contributed by atoms with Crippen LogP contribution >= 0.6 is 15.9 Å². The Morgan fingerprint density at radius 2 is 2.20 bits per heavy atom. The van der Waals surface area contributed by atoms with Crippen molar-refractivity contribution in [3.05, 3.63) is 34.8 Å². The van der Waals surface area contributed by atoms with Gasteiger partial charge in [-0.2, -0.15) is 0 Å². The van der Waals surface area contributed by atoms with Crippen molar-refractivity contribution in [2.45, 2.75) is 0 Å². The van der Waals surface area contributed by atoms with E-state index < -0.39 is 5.97 Å². The third-order valence-corrected chi connectivity index (χ3v) is 2.22. The molecule has 6 heteroatoms. The topological polar surface area (TPSA) is 78.9 Å². The maximum Gasteiger partial charge on any atom is 0.353 e. The number of hydrogen-bond donors (Lipinski definition) is 2. The fourth-order valence-corrected chi connectivity index (χ4v) is 1.48. The molecule has 76 valence electrons. The van der Waals surface area contributed by atoms with Crippen LogP contribution in [0.1, 0.15) is 10.5 Å². The number of aromatic amines is 1. The Morgan fingerprint density at radius 3 is 2.80 bits per heavy atom. The van der Waals surface area contributed by atoms with Gasteiger partial charge in [0.1, 0.15) is 11.5 Å². The highest BCUT2D eigenvalue weighted by Gasteiger charge is 2.08. The Bertz CT molecular complexity index is 510. The Labute approximate surface area is 93.3 Å². The summed E-state index contributed by atoms with van der Waals surface area (Å²) < 4.78 is 0.813. The van der Waals surface area contributed by atoms with Crippen molar-refractivity contribution in [1.29, 1.82) is 0 Å². The second kappa shape index (κ2) is 3.82. The van der Waals surface area contributed by atoms with E-state index in [1.807, 2.05) is 0 Å². The molecule has 2 aromatic heterocycles. The molecule has 0 aromatic carbocycles. The lowest BCUT2D eigenvalue weighted by atomic mass is 10.3. The standard InChI is InChI=1S/C9H6BrN3O2/c10-6-1-5(2-11-3-6)8-12-4-7(13-8)9(14)15/h1-4H,(H,12,13)(H,14,15). The Morgan fingerprint density at radius 1 is 1.40 bits per heavy atom. The van der Waals surface area contributed by atoms with Gasteiger partial charge in [-0.3, -0.25) is 4.98 Å². The van der Waals surface area contributed by atoms with Crippen molar-refractivity contribution in [3.63, 3.8) is 0 Å². The van der Waals surface area contributed by atoms with E-state index in [1.54, 1.807) is 18.5 Å². The molecule has 0 saturated carbocycles. The summed E-state index contributed by atoms with van der Waals surface area (Å²) in [5, 5.41) is 8.70. The van der Waals surface area contributed by atoms with Gasteiger partial charge >= 0.3 is 5.97 Å². The minimum Gasteiger partial charge on any atom is -0.477 e. The smallest absolute Gasteiger partial charge is 0.353 e. The van der Waals surface area contributed by atoms with Crippen LogP contribution in [0.2, 0.25) is 0 Å². The molecule has 5 nitrogen and oxygen atoms in total. The lowest BCUT2D eigenvalue weighted by Gasteiger charge is -1.95. The molecule has 2 heterocycles. The van der Waals surface area contributed by atoms with E-state index in [2.05, 4.69) is 30.9 Å². The van der Waals surface area contributed by atoms with Crippen LogP contribution in [0.25, 0.3) is 11.4 Å². The number of hydrogen-bond acceptors (Lipinski definition) is 3. The number of carbonyl (C=O) groups is 1. The molecule has 0 spiro atoms. The van der Waals surface area contributed by atoms with Crippen LogP contribution in [0.4, 0.5) is 0 Å². The molecule has 0 aliphatic heterocycles. The molecule has 15 heavy (non-hydrogen) atoms. The highest BCUT2D eigenvalue weighted by molar-refractivity contribution is 9.10. The molecule has 2 aromatic rings. The summed E-state index contributed by atoms with van der Waals surface area (Å²) in [7, 11) is 0. The van der Waals surface area contributed by atoms with E-state index in [1.165, 1.54) is 6.20 Å². The zero-order valence-electron chi connectivity index (χ0n) is 7.44. The minimum absolute atomic E-state index is 0.0602. The Balaban J connectivity index is 2.41. The summed E-state index contributed by atoms with van der Waals surface area (Å²) in [5.74, 6) is -0.544. The van der Waals surface area contributed by atoms with E-state index in [0.29, 0.717) is 5.82 Å². The lowest BCUT2D eigenvalue weighted by Crippen LogP contribution is -1.95. The van der Waals surface area contributed by atoms with E-state index in [-0.39, 0.29) is 5.69 Å². The van der Waals surface area contributed by atoms with E-state index in [9.17, 15) is 4.79 Å². The maximum absolute atomic E-state index is 10.6. The molecule has 2 rings (SSSR count). The molecule has 0 amide bonds. The van der Waals surface area contributed by atoms with Gasteiger partial charge in [-0.15, -0.1) is 0 Å². The van der Waals surface area contributed by atoms with E-state index >= 15 is 0 Å². The second-order valence-corrected chi connectivity index (χ2v) is 3.76. The first-order valence-electron chi connectivity index (χ1n) is 4.06. The number of aromatic carboxylic acids is 1. The van der Waals surface area contributed by atoms with Crippen LogP contribution in [0, 0.1) is 0 Å². The average molecular weight is 268 g/mol. The molecule has 0 saturated heterocycles. The van der Waals surface area contributed by atoms with Gasteiger partial charge in [0, 0.05) is 22.4 Å². The van der Waals surface area contributed by atoms with Gasteiger partial charge in [0.05, 0.1) is 6.20 Å². The van der Waals surface area contributed by atoms with Gasteiger partial charge < -0.3 is 10.1 Å². The number of nitrogens with one attached hydrogen (secondary N) is 1. The lowest BCUT2D eigenvalue weighted by molar-refractivity contribution is 0.0691. The van der Waals surface area contributed by atoms with Gasteiger partial charge in [-0.25, -0.2) is 9.78 Å². The van der Waals surface area contributed by atoms with Gasteiger partial charge in [0.15, 0.2) is 0 Å². The molecule has 0 radical (unpaired) electrons. The SMILES string of the molecule is O=C(O)c1cnc(-c2cncc(Br)c2)[nH]1. The van der Waals surface area contributed by atoms with Crippen molar-refractivity contribution in [2.75, 3.05) is 0 Å². The quantitative estimate of drug-likeness (QED) is 0.872. The molecule has 0 bridgehead atoms. The number of carboxylic acids is 1. The highest BCUT2D eigenvalue weighted by Crippen LogP contribution is 2.18. The van der Waals surface area contributed by atoms with Crippen molar-refractivity contribution < 1.29 is 9.90 Å². The fraction of sp³-hybridized carbons (Fsp3) is 0. The zero-order valence-corrected chi connectivity index (χ0v) is 9.02. The summed E-state index contributed by atoms with van der Waals surface area (Å²) in [6.07, 6.45) is 4.53. The number of H-pyrrole nitrogens is 1. The van der Waals surface area contributed by atoms with Crippen molar-refractivity contribution in [3.8, 4) is 11.4 Å². The van der Waals surface area contributed by atoms with Crippen molar-refractivity contribution in [2.24, 2.45) is 0 Å². The number of pyridine rings is 1. The number of aromatic nitrogens is 3. The zero-order chi connectivity index (χ0) is 10.8. The maximum atomic E-state index is 10.6. The molecule has 2 N–H and O–H groups in total. The third-order valence-electron chi connectivity index (χ3n) is 1.78. The van der Waals surface area contributed by atoms with Crippen LogP contribution < -0.4 is 0 Å². The van der Waals surface area contributed by atoms with Crippen molar-refractivity contribution >= 4 is 21.9 Å². The van der Waals surface area contributed by atoms with Gasteiger partial charge in [-0.05, 0) is 22.0 Å². The summed E-state index contributed by atoms with van der Waals surface area (Å²) in [6, 6.07) is 1.80. The van der Waals surface area contributed by atoms with Crippen LogP contribution in [0.3, 0.4) is 0 Å². The molecular weight excluding hydrogens is 262 g/mol. The van der Waals surface area contributed by atoms with Crippen LogP contribution in [0.5, 0.6) is 0 Å². The molecule has 0 atom stereocenters. The molecule has 0 fully saturated rings. The van der Waals surface area contributed by atoms with Crippen LogP contribution in [-0.4, -0.2) is 26.0 Å². The highest BCUT2D eigenvalue weighted by atomic mass is 79.9. The average Bonchev–Trinajstić information content (AvgIpc) is 2.66. The molecule has 0 unspecified atom stereocenters. The summed E-state index contributed by atoms with van der Waals surface area (Å²) >= 11 is 3.27. The number of carboxylic acid groups (broad SMARTS) is 1. The monoisotopic (exact) mass is 267 g/mol. The molecular formula is C9H6BrN3O2. The van der Waals surface area contributed by atoms with Crippen LogP contribution in [0.15, 0.2) is 29.1 Å². The Kier molecular flexibility index (Phi) is 2.51. The van der Waals surface area contributed by atoms with Crippen molar-refractivity contribution in [1.82, 2.24) is 15.0 Å². The number of halogens is 1.